The summed E-state index contributed by atoms with van der Waals surface area (Å²) < 4.78 is 28.3. The molecule has 1 fully saturated rings. The second-order valence-electron chi connectivity index (χ2n) is 19.5. The van der Waals surface area contributed by atoms with E-state index in [1.54, 1.807) is 0 Å². The van der Waals surface area contributed by atoms with Crippen LogP contribution in [0.15, 0.2) is 97.2 Å². The summed E-state index contributed by atoms with van der Waals surface area (Å²) in [6.45, 7) is 5.74. The normalized spacial score (nSPS) is 18.9. The van der Waals surface area contributed by atoms with Crippen molar-refractivity contribution >= 4 is 23.9 Å². The lowest BCUT2D eigenvalue weighted by Crippen LogP contribution is -2.61. The van der Waals surface area contributed by atoms with Crippen molar-refractivity contribution in [2.75, 3.05) is 13.2 Å². The molecule has 1 heterocycles. The summed E-state index contributed by atoms with van der Waals surface area (Å²) in [5, 5.41) is 31.5. The van der Waals surface area contributed by atoms with Gasteiger partial charge in [-0.15, -0.1) is 0 Å². The van der Waals surface area contributed by atoms with Crippen LogP contribution in [0.1, 0.15) is 226 Å². The molecular weight excluding hydrogens is 949 g/mol. The fourth-order valence-electron chi connectivity index (χ4n) is 8.12. The maximum atomic E-state index is 13.1. The molecule has 12 nitrogen and oxygen atoms in total. The third-order valence-electron chi connectivity index (χ3n) is 12.6. The van der Waals surface area contributed by atoms with E-state index in [9.17, 15) is 34.5 Å². The molecule has 0 saturated carbocycles. The van der Waals surface area contributed by atoms with Crippen molar-refractivity contribution in [3.63, 3.8) is 0 Å². The SMILES string of the molecule is CC/C=C\C/C=C\C/C=C\C/C=C\C/C=C\CCCC(=O)OCC(COC1OC(C(=O)O)C(O)C(O)C1OC(=O)CCCCCCCCC/C=C\C/C=C\CCCCC)OC(=O)CCCCCCC/C=C\CCCC. The Kier molecular flexibility index (Phi) is 46.2. The van der Waals surface area contributed by atoms with Gasteiger partial charge in [0.15, 0.2) is 24.6 Å². The van der Waals surface area contributed by atoms with Crippen molar-refractivity contribution in [1.29, 1.82) is 0 Å². The van der Waals surface area contributed by atoms with E-state index in [4.69, 9.17) is 23.7 Å². The quantitative estimate of drug-likeness (QED) is 0.0228. The van der Waals surface area contributed by atoms with Gasteiger partial charge in [0.1, 0.15) is 18.8 Å². The van der Waals surface area contributed by atoms with Gasteiger partial charge < -0.3 is 39.0 Å². The summed E-state index contributed by atoms with van der Waals surface area (Å²) in [5.74, 6) is -3.23. The molecule has 1 aliphatic rings. The molecule has 1 aliphatic heterocycles. The zero-order valence-electron chi connectivity index (χ0n) is 46.8. The molecule has 1 saturated heterocycles. The number of carboxylic acid groups (broad SMARTS) is 1. The van der Waals surface area contributed by atoms with Gasteiger partial charge in [-0.25, -0.2) is 4.79 Å². The van der Waals surface area contributed by atoms with Crippen LogP contribution in [0.5, 0.6) is 0 Å². The first kappa shape index (κ1) is 68.7. The summed E-state index contributed by atoms with van der Waals surface area (Å²) in [5.41, 5.74) is 0. The van der Waals surface area contributed by atoms with Gasteiger partial charge in [-0.2, -0.15) is 0 Å². The van der Waals surface area contributed by atoms with Crippen LogP contribution in [0.4, 0.5) is 0 Å². The lowest BCUT2D eigenvalue weighted by atomic mass is 9.98. The van der Waals surface area contributed by atoms with E-state index >= 15 is 0 Å². The minimum Gasteiger partial charge on any atom is -0.479 e. The number of hydrogen-bond donors (Lipinski definition) is 3. The van der Waals surface area contributed by atoms with Crippen molar-refractivity contribution in [2.45, 2.75) is 263 Å². The molecule has 426 valence electrons. The molecule has 6 atom stereocenters. The molecule has 0 amide bonds. The Balaban J connectivity index is 2.72. The summed E-state index contributed by atoms with van der Waals surface area (Å²) in [6.07, 6.45) is 53.8. The van der Waals surface area contributed by atoms with Crippen LogP contribution in [0.3, 0.4) is 0 Å². The number of aliphatic hydroxyl groups is 2. The Morgan fingerprint density at radius 2 is 0.867 bits per heavy atom. The van der Waals surface area contributed by atoms with Crippen LogP contribution in [0.25, 0.3) is 0 Å². The zero-order chi connectivity index (χ0) is 54.7. The van der Waals surface area contributed by atoms with Crippen LogP contribution in [-0.2, 0) is 42.9 Å². The molecule has 0 aromatic rings. The van der Waals surface area contributed by atoms with Crippen molar-refractivity contribution in [1.82, 2.24) is 0 Å². The predicted octanol–water partition coefficient (Wildman–Crippen LogP) is 14.9. The van der Waals surface area contributed by atoms with Crippen molar-refractivity contribution < 1.29 is 58.2 Å². The van der Waals surface area contributed by atoms with E-state index < -0.39 is 67.3 Å². The molecular formula is C63H102O12. The van der Waals surface area contributed by atoms with Gasteiger partial charge >= 0.3 is 23.9 Å². The second-order valence-corrected chi connectivity index (χ2v) is 19.5. The Hall–Kier alpha value is -4.36. The van der Waals surface area contributed by atoms with Crippen molar-refractivity contribution in [3.05, 3.63) is 97.2 Å². The molecule has 0 aliphatic carbocycles. The molecule has 0 bridgehead atoms. The van der Waals surface area contributed by atoms with Gasteiger partial charge in [-0.3, -0.25) is 14.4 Å². The maximum Gasteiger partial charge on any atom is 0.335 e. The van der Waals surface area contributed by atoms with Crippen LogP contribution in [0, 0.1) is 0 Å². The Labute approximate surface area is 453 Å². The molecule has 75 heavy (non-hydrogen) atoms. The second kappa shape index (κ2) is 50.5. The number of unbranched alkanes of at least 4 members (excludes halogenated alkanes) is 18. The summed E-state index contributed by atoms with van der Waals surface area (Å²) >= 11 is 0. The molecule has 0 aromatic heterocycles. The number of carbonyl (C=O) groups is 4. The van der Waals surface area contributed by atoms with Crippen LogP contribution >= 0.6 is 0 Å². The monoisotopic (exact) mass is 1050 g/mol. The number of rotatable bonds is 48. The largest absolute Gasteiger partial charge is 0.479 e. The molecule has 3 N–H and O–H groups in total. The number of carboxylic acids is 1. The zero-order valence-corrected chi connectivity index (χ0v) is 46.8. The first-order chi connectivity index (χ1) is 36.6. The molecule has 12 heteroatoms. The number of aliphatic hydroxyl groups excluding tert-OH is 2. The third-order valence-corrected chi connectivity index (χ3v) is 12.6. The average molecular weight is 1050 g/mol. The number of aliphatic carboxylic acids is 1. The first-order valence-corrected chi connectivity index (χ1v) is 29.2. The van der Waals surface area contributed by atoms with Crippen LogP contribution in [0.2, 0.25) is 0 Å². The number of allylic oxidation sites excluding steroid dienone is 16. The van der Waals surface area contributed by atoms with Crippen molar-refractivity contribution in [3.8, 4) is 0 Å². The van der Waals surface area contributed by atoms with Gasteiger partial charge in [-0.05, 0) is 109 Å². The fourth-order valence-corrected chi connectivity index (χ4v) is 8.12. The number of hydrogen-bond acceptors (Lipinski definition) is 11. The smallest absolute Gasteiger partial charge is 0.335 e. The van der Waals surface area contributed by atoms with Crippen molar-refractivity contribution in [2.24, 2.45) is 0 Å². The van der Waals surface area contributed by atoms with E-state index in [-0.39, 0.29) is 25.9 Å². The summed E-state index contributed by atoms with van der Waals surface area (Å²) in [6, 6.07) is 0. The van der Waals surface area contributed by atoms with Crippen LogP contribution in [-0.4, -0.2) is 89.2 Å². The molecule has 0 radical (unpaired) electrons. The highest BCUT2D eigenvalue weighted by molar-refractivity contribution is 5.74. The topological polar surface area (TPSA) is 175 Å². The van der Waals surface area contributed by atoms with Gasteiger partial charge in [0.2, 0.25) is 0 Å². The van der Waals surface area contributed by atoms with E-state index in [1.807, 2.05) is 6.08 Å². The third kappa shape index (κ3) is 40.6. The standard InChI is InChI=1S/C63H102O12/c1-4-7-10-13-16-19-22-24-26-28-30-32-35-37-40-43-46-49-55(64)71-52-54(73-56(65)50-47-44-41-38-34-21-18-15-12-9-6-3)53-72-63-61(59(68)58(67)60(75-63)62(69)70)74-57(66)51-48-45-42-39-36-33-31-29-27-25-23-20-17-14-11-8-5-2/h7,10,15-20,24-27,30,32,37,40,54,58-61,63,67-68H,4-6,8-9,11-14,21-23,28-29,31,33-36,38-39,41-53H2,1-3H3,(H,69,70)/b10-7-,18-15-,19-16-,20-17-,26-24-,27-25-,32-30-,40-37-. The average Bonchev–Trinajstić information content (AvgIpc) is 3.39. The maximum absolute atomic E-state index is 13.1. The Bertz CT molecular complexity index is 1670. The lowest BCUT2D eigenvalue weighted by Gasteiger charge is -2.40. The summed E-state index contributed by atoms with van der Waals surface area (Å²) in [4.78, 5) is 51.0. The summed E-state index contributed by atoms with van der Waals surface area (Å²) in [7, 11) is 0. The lowest BCUT2D eigenvalue weighted by molar-refractivity contribution is -0.301. The highest BCUT2D eigenvalue weighted by Gasteiger charge is 2.50. The van der Waals surface area contributed by atoms with E-state index in [0.29, 0.717) is 25.7 Å². The van der Waals surface area contributed by atoms with E-state index in [1.165, 1.54) is 32.1 Å². The number of ether oxygens (including phenoxy) is 5. The minimum atomic E-state index is -1.92. The number of carbonyl (C=O) groups excluding carboxylic acids is 3. The Morgan fingerprint density at radius 1 is 0.453 bits per heavy atom. The number of esters is 3. The van der Waals surface area contributed by atoms with E-state index in [2.05, 4.69) is 112 Å². The Morgan fingerprint density at radius 3 is 1.37 bits per heavy atom. The van der Waals surface area contributed by atoms with Gasteiger partial charge in [0.05, 0.1) is 6.61 Å². The van der Waals surface area contributed by atoms with Gasteiger partial charge in [0.25, 0.3) is 0 Å². The molecule has 6 unspecified atom stereocenters. The fraction of sp³-hybridized carbons (Fsp3) is 0.683. The highest BCUT2D eigenvalue weighted by Crippen LogP contribution is 2.26. The predicted molar refractivity (Wildman–Crippen MR) is 303 cm³/mol. The molecule has 0 spiro atoms. The molecule has 1 rings (SSSR count). The van der Waals surface area contributed by atoms with Crippen LogP contribution < -0.4 is 0 Å². The molecule has 0 aromatic carbocycles. The minimum absolute atomic E-state index is 0.0413. The van der Waals surface area contributed by atoms with Gasteiger partial charge in [0, 0.05) is 19.3 Å². The van der Waals surface area contributed by atoms with Gasteiger partial charge in [-0.1, -0.05) is 195 Å². The first-order valence-electron chi connectivity index (χ1n) is 29.2. The highest BCUT2D eigenvalue weighted by atomic mass is 16.7. The van der Waals surface area contributed by atoms with E-state index in [0.717, 1.165) is 128 Å².